The van der Waals surface area contributed by atoms with Crippen LogP contribution in [0.5, 0.6) is 0 Å². The van der Waals surface area contributed by atoms with Crippen molar-refractivity contribution in [3.8, 4) is 0 Å². The minimum Gasteiger partial charge on any atom is -0.294 e. The highest BCUT2D eigenvalue weighted by Crippen LogP contribution is 2.20. The van der Waals surface area contributed by atoms with Crippen LogP contribution in [0.15, 0.2) is 43.5 Å². The standard InChI is InChI=1S/C16H24O.C2H4.H2/c1-3-8-14(9-4-2)12-13-16(17)15-10-6-5-7-11-15;1-2;/h5-7,10-11,14H,3-4,8-9,12-13H2,1-2H3;1-2H2;1H. The quantitative estimate of drug-likeness (QED) is 0.420. The summed E-state index contributed by atoms with van der Waals surface area (Å²) in [6.07, 6.45) is 6.73. The molecule has 0 unspecified atom stereocenters. The lowest BCUT2D eigenvalue weighted by Gasteiger charge is -2.14. The van der Waals surface area contributed by atoms with E-state index in [4.69, 9.17) is 0 Å². The lowest BCUT2D eigenvalue weighted by molar-refractivity contribution is 0.0972. The van der Waals surface area contributed by atoms with Gasteiger partial charge in [-0.1, -0.05) is 69.9 Å². The first kappa shape index (κ1) is 17.6. The predicted molar refractivity (Wildman–Crippen MR) is 86.7 cm³/mol. The van der Waals surface area contributed by atoms with Crippen LogP contribution in [0.25, 0.3) is 0 Å². The second kappa shape index (κ2) is 11.7. The Morgan fingerprint density at radius 2 is 1.58 bits per heavy atom. The van der Waals surface area contributed by atoms with Gasteiger partial charge >= 0.3 is 0 Å². The van der Waals surface area contributed by atoms with Crippen molar-refractivity contribution in [3.05, 3.63) is 49.1 Å². The minimum atomic E-state index is 0. The van der Waals surface area contributed by atoms with E-state index < -0.39 is 0 Å². The first-order chi connectivity index (χ1) is 9.27. The van der Waals surface area contributed by atoms with Gasteiger partial charge in [-0.05, 0) is 12.3 Å². The molecule has 0 aliphatic carbocycles. The second-order valence-electron chi connectivity index (χ2n) is 4.77. The summed E-state index contributed by atoms with van der Waals surface area (Å²) in [7, 11) is 0. The lowest BCUT2D eigenvalue weighted by atomic mass is 9.91. The van der Waals surface area contributed by atoms with Crippen molar-refractivity contribution in [2.75, 3.05) is 0 Å². The van der Waals surface area contributed by atoms with Gasteiger partial charge in [0.05, 0.1) is 0 Å². The van der Waals surface area contributed by atoms with Crippen LogP contribution >= 0.6 is 0 Å². The number of Topliss-reactive ketones (excluding diaryl/α,β-unsaturated/α-hetero) is 1. The van der Waals surface area contributed by atoms with Crippen LogP contribution in [-0.2, 0) is 0 Å². The molecule has 19 heavy (non-hydrogen) atoms. The molecule has 1 heteroatoms. The zero-order valence-corrected chi connectivity index (χ0v) is 12.5. The summed E-state index contributed by atoms with van der Waals surface area (Å²) in [6.45, 7) is 10.4. The van der Waals surface area contributed by atoms with E-state index in [2.05, 4.69) is 27.0 Å². The van der Waals surface area contributed by atoms with Gasteiger partial charge < -0.3 is 0 Å². The molecule has 0 bridgehead atoms. The van der Waals surface area contributed by atoms with Gasteiger partial charge in [-0.3, -0.25) is 4.79 Å². The Morgan fingerprint density at radius 1 is 1.05 bits per heavy atom. The maximum Gasteiger partial charge on any atom is 0.162 e. The fraction of sp³-hybridized carbons (Fsp3) is 0.500. The van der Waals surface area contributed by atoms with Crippen LogP contribution in [0.4, 0.5) is 0 Å². The summed E-state index contributed by atoms with van der Waals surface area (Å²) in [6, 6.07) is 9.65. The SMILES string of the molecule is C=C.CCCC(CCC)CCC(=O)c1ccccc1.[HH]. The van der Waals surface area contributed by atoms with Crippen LogP contribution < -0.4 is 0 Å². The molecule has 1 aromatic carbocycles. The van der Waals surface area contributed by atoms with Crippen molar-refractivity contribution in [1.29, 1.82) is 0 Å². The highest BCUT2D eigenvalue weighted by Gasteiger charge is 2.11. The molecule has 1 nitrogen and oxygen atoms in total. The third-order valence-corrected chi connectivity index (χ3v) is 3.27. The molecule has 0 fully saturated rings. The molecule has 0 atom stereocenters. The summed E-state index contributed by atoms with van der Waals surface area (Å²) < 4.78 is 0. The van der Waals surface area contributed by atoms with E-state index >= 15 is 0 Å². The van der Waals surface area contributed by atoms with E-state index in [-0.39, 0.29) is 1.43 Å². The molecular weight excluding hydrogens is 232 g/mol. The summed E-state index contributed by atoms with van der Waals surface area (Å²) in [5, 5.41) is 0. The van der Waals surface area contributed by atoms with Gasteiger partial charge in [-0.25, -0.2) is 0 Å². The molecule has 0 spiro atoms. The molecule has 0 N–H and O–H groups in total. The number of hydrogen-bond acceptors (Lipinski definition) is 1. The molecule has 0 amide bonds. The summed E-state index contributed by atoms with van der Waals surface area (Å²) in [5.74, 6) is 1.03. The molecule has 0 saturated heterocycles. The average molecular weight is 262 g/mol. The number of benzene rings is 1. The van der Waals surface area contributed by atoms with Crippen molar-refractivity contribution in [3.63, 3.8) is 0 Å². The molecule has 1 rings (SSSR count). The number of carbonyl (C=O) groups is 1. The van der Waals surface area contributed by atoms with Gasteiger partial charge in [-0.15, -0.1) is 13.2 Å². The monoisotopic (exact) mass is 262 g/mol. The first-order valence-electron chi connectivity index (χ1n) is 7.36. The van der Waals surface area contributed by atoms with E-state index in [1.807, 2.05) is 30.3 Å². The zero-order chi connectivity index (χ0) is 14.5. The van der Waals surface area contributed by atoms with Crippen molar-refractivity contribution in [2.45, 2.75) is 52.4 Å². The first-order valence-corrected chi connectivity index (χ1v) is 7.36. The van der Waals surface area contributed by atoms with E-state index in [1.165, 1.54) is 25.7 Å². The fourth-order valence-electron chi connectivity index (χ4n) is 2.35. The van der Waals surface area contributed by atoms with Gasteiger partial charge in [-0.2, -0.15) is 0 Å². The number of carbonyl (C=O) groups excluding carboxylic acids is 1. The molecule has 0 radical (unpaired) electrons. The maximum absolute atomic E-state index is 12.0. The fourth-order valence-corrected chi connectivity index (χ4v) is 2.35. The van der Waals surface area contributed by atoms with Gasteiger partial charge in [0, 0.05) is 13.4 Å². The smallest absolute Gasteiger partial charge is 0.162 e. The van der Waals surface area contributed by atoms with E-state index in [0.29, 0.717) is 12.2 Å². The maximum atomic E-state index is 12.0. The van der Waals surface area contributed by atoms with Crippen molar-refractivity contribution in [1.82, 2.24) is 0 Å². The van der Waals surface area contributed by atoms with Crippen LogP contribution in [0.1, 0.15) is 64.2 Å². The van der Waals surface area contributed by atoms with Crippen LogP contribution in [0, 0.1) is 5.92 Å². The van der Waals surface area contributed by atoms with Crippen molar-refractivity contribution >= 4 is 5.78 Å². The second-order valence-corrected chi connectivity index (χ2v) is 4.77. The molecule has 0 aromatic heterocycles. The van der Waals surface area contributed by atoms with Crippen LogP contribution in [0.2, 0.25) is 0 Å². The van der Waals surface area contributed by atoms with E-state index in [0.717, 1.165) is 17.9 Å². The third-order valence-electron chi connectivity index (χ3n) is 3.27. The molecule has 1 aromatic rings. The van der Waals surface area contributed by atoms with Crippen molar-refractivity contribution in [2.24, 2.45) is 5.92 Å². The molecule has 108 valence electrons. The van der Waals surface area contributed by atoms with Crippen LogP contribution in [0.3, 0.4) is 0 Å². The Balaban J connectivity index is 0. The Kier molecular flexibility index (Phi) is 10.9. The summed E-state index contributed by atoms with van der Waals surface area (Å²) in [5.41, 5.74) is 0.860. The zero-order valence-electron chi connectivity index (χ0n) is 12.5. The summed E-state index contributed by atoms with van der Waals surface area (Å²) in [4.78, 5) is 12.0. The van der Waals surface area contributed by atoms with Crippen LogP contribution in [-0.4, -0.2) is 5.78 Å². The summed E-state index contributed by atoms with van der Waals surface area (Å²) >= 11 is 0. The molecule has 0 saturated carbocycles. The van der Waals surface area contributed by atoms with E-state index in [1.54, 1.807) is 0 Å². The van der Waals surface area contributed by atoms with Gasteiger partial charge in [0.25, 0.3) is 0 Å². The third kappa shape index (κ3) is 7.61. The molecule has 0 aliphatic heterocycles. The lowest BCUT2D eigenvalue weighted by Crippen LogP contribution is -2.05. The van der Waals surface area contributed by atoms with Gasteiger partial charge in [0.2, 0.25) is 0 Å². The van der Waals surface area contributed by atoms with Gasteiger partial charge in [0.15, 0.2) is 5.78 Å². The molecule has 0 heterocycles. The highest BCUT2D eigenvalue weighted by atomic mass is 16.1. The number of hydrogen-bond donors (Lipinski definition) is 0. The normalized spacial score (nSPS) is 9.84. The topological polar surface area (TPSA) is 17.1 Å². The Bertz CT molecular complexity index is 329. The largest absolute Gasteiger partial charge is 0.294 e. The Morgan fingerprint density at radius 3 is 2.05 bits per heavy atom. The minimum absolute atomic E-state index is 0. The predicted octanol–water partition coefficient (Wildman–Crippen LogP) is 5.91. The average Bonchev–Trinajstić information content (AvgIpc) is 2.48. The molecular formula is C18H30O. The van der Waals surface area contributed by atoms with E-state index in [9.17, 15) is 4.79 Å². The Hall–Kier alpha value is -1.37. The van der Waals surface area contributed by atoms with Crippen molar-refractivity contribution < 1.29 is 6.22 Å². The van der Waals surface area contributed by atoms with Gasteiger partial charge in [0.1, 0.15) is 0 Å². The Labute approximate surface area is 120 Å². The molecule has 0 aliphatic rings. The number of rotatable bonds is 8. The number of ketones is 1. The highest BCUT2D eigenvalue weighted by molar-refractivity contribution is 5.95.